The SMILES string of the molecule is O=C(Nc1cccc(C(=O)O)c1)N[C@@H]1CN(C2CCCCC2)c2ccccc2N(CC(=O)c2cccs2)C1=O. The normalized spacial score (nSPS) is 17.7. The zero-order valence-corrected chi connectivity index (χ0v) is 22.2. The van der Waals surface area contributed by atoms with Gasteiger partial charge in [0.1, 0.15) is 6.04 Å². The van der Waals surface area contributed by atoms with Crippen molar-refractivity contribution >= 4 is 52.1 Å². The van der Waals surface area contributed by atoms with Crippen LogP contribution in [-0.2, 0) is 4.79 Å². The summed E-state index contributed by atoms with van der Waals surface area (Å²) in [5.41, 5.74) is 1.86. The predicted molar refractivity (Wildman–Crippen MR) is 151 cm³/mol. The highest BCUT2D eigenvalue weighted by Crippen LogP contribution is 2.37. The Balaban J connectivity index is 1.45. The second kappa shape index (κ2) is 11.7. The van der Waals surface area contributed by atoms with Crippen molar-refractivity contribution in [2.75, 3.05) is 28.2 Å². The largest absolute Gasteiger partial charge is 0.478 e. The van der Waals surface area contributed by atoms with Gasteiger partial charge >= 0.3 is 12.0 Å². The average molecular weight is 547 g/mol. The first-order valence-electron chi connectivity index (χ1n) is 13.1. The number of carbonyl (C=O) groups is 4. The maximum Gasteiger partial charge on any atom is 0.335 e. The molecule has 0 saturated heterocycles. The molecule has 10 heteroatoms. The third-order valence-corrected chi connectivity index (χ3v) is 8.12. The van der Waals surface area contributed by atoms with Crippen LogP contribution in [0.3, 0.4) is 0 Å². The number of nitrogens with one attached hydrogen (secondary N) is 2. The van der Waals surface area contributed by atoms with Crippen LogP contribution in [0, 0.1) is 0 Å². The van der Waals surface area contributed by atoms with E-state index in [1.54, 1.807) is 18.2 Å². The number of rotatable bonds is 7. The molecular formula is C29H30N4O5S. The number of hydrogen-bond donors (Lipinski definition) is 3. The molecule has 3 aromatic rings. The quantitative estimate of drug-likeness (QED) is 0.359. The van der Waals surface area contributed by atoms with Gasteiger partial charge in [-0.25, -0.2) is 9.59 Å². The molecule has 202 valence electrons. The van der Waals surface area contributed by atoms with Crippen LogP contribution in [0.5, 0.6) is 0 Å². The number of fused-ring (bicyclic) bond motifs is 1. The summed E-state index contributed by atoms with van der Waals surface area (Å²) >= 11 is 1.33. The summed E-state index contributed by atoms with van der Waals surface area (Å²) in [5, 5.41) is 16.6. The fourth-order valence-electron chi connectivity index (χ4n) is 5.34. The standard InChI is InChI=1S/C29H30N4O5S/c34-25(26-14-7-15-39-26)18-33-24-13-5-4-12-23(24)32(21-10-2-1-3-11-21)17-22(27(33)35)31-29(38)30-20-9-6-8-19(16-20)28(36)37/h4-9,12-16,21-22H,1-3,10-11,17-18H2,(H,36,37)(H2,30,31,38)/t22-/m1/s1. The number of para-hydroxylation sites is 2. The fraction of sp³-hybridized carbons (Fsp3) is 0.310. The van der Waals surface area contributed by atoms with E-state index in [1.807, 2.05) is 29.6 Å². The van der Waals surface area contributed by atoms with Gasteiger partial charge in [0.25, 0.3) is 5.91 Å². The van der Waals surface area contributed by atoms with Gasteiger partial charge in [-0.05, 0) is 54.6 Å². The van der Waals surface area contributed by atoms with Gasteiger partial charge in [-0.1, -0.05) is 43.5 Å². The van der Waals surface area contributed by atoms with Crippen LogP contribution in [0.15, 0.2) is 66.0 Å². The molecular weight excluding hydrogens is 516 g/mol. The molecule has 1 saturated carbocycles. The van der Waals surface area contributed by atoms with E-state index in [9.17, 15) is 24.3 Å². The van der Waals surface area contributed by atoms with Crippen LogP contribution in [0.1, 0.15) is 52.1 Å². The highest BCUT2D eigenvalue weighted by Gasteiger charge is 2.38. The van der Waals surface area contributed by atoms with Crippen LogP contribution in [0.25, 0.3) is 0 Å². The number of aromatic carboxylic acids is 1. The van der Waals surface area contributed by atoms with Gasteiger partial charge in [0, 0.05) is 18.3 Å². The van der Waals surface area contributed by atoms with Gasteiger partial charge in [-0.2, -0.15) is 0 Å². The van der Waals surface area contributed by atoms with E-state index in [4.69, 9.17) is 0 Å². The molecule has 1 aliphatic carbocycles. The Morgan fingerprint density at radius 1 is 0.949 bits per heavy atom. The van der Waals surface area contributed by atoms with Crippen molar-refractivity contribution in [3.8, 4) is 0 Å². The topological polar surface area (TPSA) is 119 Å². The monoisotopic (exact) mass is 546 g/mol. The summed E-state index contributed by atoms with van der Waals surface area (Å²) in [6.07, 6.45) is 5.33. The zero-order valence-electron chi connectivity index (χ0n) is 21.3. The highest BCUT2D eigenvalue weighted by molar-refractivity contribution is 7.12. The first-order chi connectivity index (χ1) is 18.9. The first kappa shape index (κ1) is 26.4. The van der Waals surface area contributed by atoms with Crippen molar-refractivity contribution in [1.29, 1.82) is 0 Å². The summed E-state index contributed by atoms with van der Waals surface area (Å²) in [5.74, 6) is -1.65. The van der Waals surface area contributed by atoms with Gasteiger partial charge in [0.15, 0.2) is 5.78 Å². The lowest BCUT2D eigenvalue weighted by molar-refractivity contribution is -0.120. The number of benzene rings is 2. The Bertz CT molecular complexity index is 1370. The van der Waals surface area contributed by atoms with E-state index in [0.717, 1.165) is 31.4 Å². The number of anilines is 3. The Morgan fingerprint density at radius 2 is 1.72 bits per heavy atom. The van der Waals surface area contributed by atoms with Crippen molar-refractivity contribution in [3.63, 3.8) is 0 Å². The Morgan fingerprint density at radius 3 is 2.44 bits per heavy atom. The molecule has 0 unspecified atom stereocenters. The van der Waals surface area contributed by atoms with E-state index in [1.165, 1.54) is 40.9 Å². The van der Waals surface area contributed by atoms with Gasteiger partial charge < -0.3 is 25.5 Å². The molecule has 2 aromatic carbocycles. The molecule has 1 aromatic heterocycles. The summed E-state index contributed by atoms with van der Waals surface area (Å²) in [6.45, 7) is 0.113. The molecule has 0 bridgehead atoms. The maximum atomic E-state index is 14.0. The maximum absolute atomic E-state index is 14.0. The third-order valence-electron chi connectivity index (χ3n) is 7.21. The zero-order chi connectivity index (χ0) is 27.4. The third kappa shape index (κ3) is 5.96. The van der Waals surface area contributed by atoms with Gasteiger partial charge in [0.2, 0.25) is 0 Å². The first-order valence-corrected chi connectivity index (χ1v) is 13.9. The molecule has 5 rings (SSSR count). The number of carboxylic acid groups (broad SMARTS) is 1. The number of urea groups is 1. The summed E-state index contributed by atoms with van der Waals surface area (Å²) < 4.78 is 0. The molecule has 2 aliphatic rings. The van der Waals surface area contributed by atoms with Crippen LogP contribution in [-0.4, -0.2) is 54.0 Å². The molecule has 39 heavy (non-hydrogen) atoms. The molecule has 9 nitrogen and oxygen atoms in total. The Labute approximate surface area is 230 Å². The molecule has 1 fully saturated rings. The van der Waals surface area contributed by atoms with Crippen LogP contribution < -0.4 is 20.4 Å². The molecule has 0 radical (unpaired) electrons. The molecule has 1 atom stereocenters. The second-order valence-corrected chi connectivity index (χ2v) is 10.7. The fourth-order valence-corrected chi connectivity index (χ4v) is 6.00. The Hall–Kier alpha value is -4.18. The van der Waals surface area contributed by atoms with Crippen molar-refractivity contribution < 1.29 is 24.3 Å². The number of ketones is 1. The number of thiophene rings is 1. The van der Waals surface area contributed by atoms with E-state index < -0.39 is 18.0 Å². The highest BCUT2D eigenvalue weighted by atomic mass is 32.1. The van der Waals surface area contributed by atoms with E-state index in [0.29, 0.717) is 16.3 Å². The predicted octanol–water partition coefficient (Wildman–Crippen LogP) is 5.01. The van der Waals surface area contributed by atoms with Gasteiger partial charge in [0.05, 0.1) is 28.4 Å². The van der Waals surface area contributed by atoms with Gasteiger partial charge in [-0.15, -0.1) is 11.3 Å². The van der Waals surface area contributed by atoms with Crippen LogP contribution >= 0.6 is 11.3 Å². The second-order valence-electron chi connectivity index (χ2n) is 9.79. The van der Waals surface area contributed by atoms with Crippen molar-refractivity contribution in [2.45, 2.75) is 44.2 Å². The minimum Gasteiger partial charge on any atom is -0.478 e. The van der Waals surface area contributed by atoms with E-state index in [-0.39, 0.29) is 36.4 Å². The summed E-state index contributed by atoms with van der Waals surface area (Å²) in [7, 11) is 0. The lowest BCUT2D eigenvalue weighted by Crippen LogP contribution is -2.55. The summed E-state index contributed by atoms with van der Waals surface area (Å²) in [4.78, 5) is 55.8. The van der Waals surface area contributed by atoms with Crippen LogP contribution in [0.2, 0.25) is 0 Å². The lowest BCUT2D eigenvalue weighted by Gasteiger charge is -2.37. The van der Waals surface area contributed by atoms with Crippen LogP contribution in [0.4, 0.5) is 21.9 Å². The molecule has 0 spiro atoms. The number of carbonyl (C=O) groups excluding carboxylic acids is 3. The van der Waals surface area contributed by atoms with Crippen molar-refractivity contribution in [3.05, 3.63) is 76.5 Å². The van der Waals surface area contributed by atoms with Gasteiger partial charge in [-0.3, -0.25) is 9.59 Å². The average Bonchev–Trinajstić information content (AvgIpc) is 3.46. The molecule has 3 N–H and O–H groups in total. The smallest absolute Gasteiger partial charge is 0.335 e. The number of hydrogen-bond acceptors (Lipinski definition) is 6. The lowest BCUT2D eigenvalue weighted by atomic mass is 9.93. The molecule has 3 amide bonds. The van der Waals surface area contributed by atoms with Crippen molar-refractivity contribution in [2.24, 2.45) is 0 Å². The summed E-state index contributed by atoms with van der Waals surface area (Å²) in [6, 6.07) is 15.7. The van der Waals surface area contributed by atoms with Crippen molar-refractivity contribution in [1.82, 2.24) is 5.32 Å². The molecule has 1 aliphatic heterocycles. The number of carboxylic acids is 1. The number of Topliss-reactive ketones (excluding diaryl/α,β-unsaturated/α-hetero) is 1. The number of amides is 3. The van der Waals surface area contributed by atoms with E-state index in [2.05, 4.69) is 15.5 Å². The molecule has 2 heterocycles. The minimum absolute atomic E-state index is 0.0375. The van der Waals surface area contributed by atoms with E-state index >= 15 is 0 Å². The Kier molecular flexibility index (Phi) is 7.92. The number of nitrogens with zero attached hydrogens (tertiary/aromatic N) is 2. The minimum atomic E-state index is -1.11.